The molecule has 0 spiro atoms. The molecule has 2 atom stereocenters. The predicted molar refractivity (Wildman–Crippen MR) is 151 cm³/mol. The summed E-state index contributed by atoms with van der Waals surface area (Å²) in [4.78, 5) is 44.1. The van der Waals surface area contributed by atoms with E-state index in [1.807, 2.05) is 42.5 Å². The van der Waals surface area contributed by atoms with Crippen molar-refractivity contribution >= 4 is 22.8 Å². The third-order valence-electron chi connectivity index (χ3n) is 8.09. The molecule has 0 bridgehead atoms. The first-order chi connectivity index (χ1) is 19.7. The largest absolute Gasteiger partial charge is 0.497 e. The van der Waals surface area contributed by atoms with Crippen molar-refractivity contribution in [2.24, 2.45) is 5.73 Å². The maximum atomic E-state index is 13.6. The Balaban J connectivity index is 1.43. The number of pyridine rings is 2. The zero-order chi connectivity index (χ0) is 28.9. The minimum absolute atomic E-state index is 0.0556. The molecular weight excluding hydrogens is 524 g/mol. The zero-order valence-electron chi connectivity index (χ0n) is 22.8. The van der Waals surface area contributed by atoms with E-state index in [1.54, 1.807) is 30.7 Å². The highest BCUT2D eigenvalue weighted by Gasteiger charge is 2.45. The molecule has 0 saturated carbocycles. The number of fused-ring (bicyclic) bond motifs is 5. The van der Waals surface area contributed by atoms with E-state index in [2.05, 4.69) is 5.32 Å². The molecule has 2 aromatic heterocycles. The molecule has 4 aromatic rings. The summed E-state index contributed by atoms with van der Waals surface area (Å²) in [5, 5.41) is 14.9. The van der Waals surface area contributed by atoms with Gasteiger partial charge >= 0.3 is 5.97 Å². The number of nitrogens with two attached hydrogens (primary N) is 1. The number of benzene rings is 2. The lowest BCUT2D eigenvalue weighted by molar-refractivity contribution is -0.172. The van der Waals surface area contributed by atoms with Crippen molar-refractivity contribution in [3.8, 4) is 17.1 Å². The molecule has 0 saturated heterocycles. The van der Waals surface area contributed by atoms with Crippen molar-refractivity contribution in [1.29, 1.82) is 0 Å². The Bertz CT molecular complexity index is 1770. The second kappa shape index (κ2) is 10.1. The number of methoxy groups -OCH3 is 1. The molecule has 2 aliphatic rings. The summed E-state index contributed by atoms with van der Waals surface area (Å²) < 4.78 is 12.2. The molecule has 2 aliphatic heterocycles. The van der Waals surface area contributed by atoms with Crippen LogP contribution in [0.2, 0.25) is 0 Å². The quantitative estimate of drug-likeness (QED) is 0.260. The Morgan fingerprint density at radius 3 is 2.71 bits per heavy atom. The van der Waals surface area contributed by atoms with E-state index in [4.69, 9.17) is 20.2 Å². The third-order valence-corrected chi connectivity index (χ3v) is 8.09. The van der Waals surface area contributed by atoms with Crippen LogP contribution in [0.1, 0.15) is 41.2 Å². The van der Waals surface area contributed by atoms with E-state index in [0.717, 1.165) is 22.1 Å². The highest BCUT2D eigenvalue weighted by Crippen LogP contribution is 2.40. The van der Waals surface area contributed by atoms with Gasteiger partial charge in [0.2, 0.25) is 5.91 Å². The van der Waals surface area contributed by atoms with Crippen molar-refractivity contribution in [2.45, 2.75) is 51.1 Å². The predicted octanol–water partition coefficient (Wildman–Crippen LogP) is 2.27. The van der Waals surface area contributed by atoms with Gasteiger partial charge in [0.15, 0.2) is 5.60 Å². The van der Waals surface area contributed by atoms with Gasteiger partial charge in [0.1, 0.15) is 12.4 Å². The minimum atomic E-state index is -1.92. The van der Waals surface area contributed by atoms with Crippen molar-refractivity contribution in [3.63, 3.8) is 0 Å². The average molecular weight is 555 g/mol. The van der Waals surface area contributed by atoms with Gasteiger partial charge in [-0.1, -0.05) is 37.3 Å². The van der Waals surface area contributed by atoms with Crippen LogP contribution in [0.15, 0.2) is 59.4 Å². The molecule has 0 fully saturated rings. The number of hydrogen-bond donors (Lipinski definition) is 3. The van der Waals surface area contributed by atoms with E-state index < -0.39 is 17.6 Å². The van der Waals surface area contributed by atoms with E-state index >= 15 is 0 Å². The fourth-order valence-electron chi connectivity index (χ4n) is 5.74. The second-order valence-electron chi connectivity index (χ2n) is 10.4. The van der Waals surface area contributed by atoms with Gasteiger partial charge < -0.3 is 30.2 Å². The molecule has 10 nitrogen and oxygen atoms in total. The molecule has 6 rings (SSSR count). The van der Waals surface area contributed by atoms with Crippen molar-refractivity contribution in [3.05, 3.63) is 92.8 Å². The number of esters is 1. The van der Waals surface area contributed by atoms with Gasteiger partial charge in [0, 0.05) is 23.1 Å². The molecule has 0 radical (unpaired) electrons. The lowest BCUT2D eigenvalue weighted by atomic mass is 9.86. The van der Waals surface area contributed by atoms with Crippen LogP contribution in [0.4, 0.5) is 0 Å². The van der Waals surface area contributed by atoms with Crippen LogP contribution in [0, 0.1) is 0 Å². The number of carbonyl (C=O) groups excluding carboxylic acids is 2. The first kappa shape index (κ1) is 26.7. The van der Waals surface area contributed by atoms with Crippen molar-refractivity contribution in [1.82, 2.24) is 14.9 Å². The number of rotatable bonds is 7. The van der Waals surface area contributed by atoms with Gasteiger partial charge in [-0.3, -0.25) is 9.59 Å². The van der Waals surface area contributed by atoms with E-state index in [9.17, 15) is 19.5 Å². The number of aliphatic hydroxyl groups is 1. The maximum Gasteiger partial charge on any atom is 0.343 e. The number of carbonyl (C=O) groups is 2. The molecule has 210 valence electrons. The fourth-order valence-corrected chi connectivity index (χ4v) is 5.74. The van der Waals surface area contributed by atoms with Gasteiger partial charge in [0.05, 0.1) is 42.2 Å². The zero-order valence-corrected chi connectivity index (χ0v) is 22.8. The molecular formula is C31H30N4O6. The van der Waals surface area contributed by atoms with Gasteiger partial charge in [-0.05, 0) is 48.2 Å². The Morgan fingerprint density at radius 1 is 1.20 bits per heavy atom. The van der Waals surface area contributed by atoms with Crippen molar-refractivity contribution in [2.75, 3.05) is 7.11 Å². The summed E-state index contributed by atoms with van der Waals surface area (Å²) >= 11 is 0. The van der Waals surface area contributed by atoms with E-state index in [1.165, 1.54) is 0 Å². The number of cyclic esters (lactones) is 1. The minimum Gasteiger partial charge on any atom is -0.497 e. The van der Waals surface area contributed by atoms with Crippen LogP contribution in [0.3, 0.4) is 0 Å². The highest BCUT2D eigenvalue weighted by molar-refractivity contribution is 5.90. The topological polar surface area (TPSA) is 146 Å². The van der Waals surface area contributed by atoms with Crippen LogP contribution >= 0.6 is 0 Å². The lowest BCUT2D eigenvalue weighted by Crippen LogP contribution is -2.44. The van der Waals surface area contributed by atoms with Crippen LogP contribution in [0.5, 0.6) is 5.75 Å². The normalized spacial score (nSPS) is 17.8. The number of aromatic nitrogens is 2. The monoisotopic (exact) mass is 554 g/mol. The first-order valence-corrected chi connectivity index (χ1v) is 13.5. The van der Waals surface area contributed by atoms with Gasteiger partial charge in [0.25, 0.3) is 5.56 Å². The van der Waals surface area contributed by atoms with Gasteiger partial charge in [-0.25, -0.2) is 9.78 Å². The summed E-state index contributed by atoms with van der Waals surface area (Å²) in [6.07, 6.45) is 0.448. The summed E-state index contributed by atoms with van der Waals surface area (Å²) in [7, 11) is 1.57. The Kier molecular flexibility index (Phi) is 6.59. The SMILES string of the molecule is CC[C@@]1(O)C(=O)OCc2c1cc1n(c2=O)Cc2c-1nc1ccc(OC)cc1c2CNC(=O)[C@@H](N)Cc1ccccc1. The standard InChI is InChI=1S/C31H30N4O6/c1-3-31(39)23-13-26-27-21(15-35(26)29(37)22(23)16-41-30(31)38)20(19-12-18(40-2)9-10-25(19)34-27)14-33-28(36)24(32)11-17-7-5-4-6-8-17/h4-10,12-13,24,39H,3,11,14-16,32H2,1-2H3,(H,33,36)/t24-,31-/m0/s1. The summed E-state index contributed by atoms with van der Waals surface area (Å²) in [6.45, 7) is 1.81. The number of amides is 1. The molecule has 2 aromatic carbocycles. The van der Waals surface area contributed by atoms with Gasteiger partial charge in [-0.15, -0.1) is 0 Å². The number of hydrogen-bond acceptors (Lipinski definition) is 8. The van der Waals surface area contributed by atoms with Gasteiger partial charge in [-0.2, -0.15) is 0 Å². The molecule has 10 heteroatoms. The fraction of sp³-hybridized carbons (Fsp3) is 0.290. The highest BCUT2D eigenvalue weighted by atomic mass is 16.6. The molecule has 41 heavy (non-hydrogen) atoms. The lowest BCUT2D eigenvalue weighted by Gasteiger charge is -2.31. The molecule has 1 amide bonds. The molecule has 0 unspecified atom stereocenters. The smallest absolute Gasteiger partial charge is 0.343 e. The summed E-state index contributed by atoms with van der Waals surface area (Å²) in [5.41, 5.74) is 8.67. The Labute approximate surface area is 235 Å². The van der Waals surface area contributed by atoms with Crippen molar-refractivity contribution < 1.29 is 24.2 Å². The van der Waals surface area contributed by atoms with E-state index in [0.29, 0.717) is 29.1 Å². The first-order valence-electron chi connectivity index (χ1n) is 13.5. The van der Waals surface area contributed by atoms with Crippen LogP contribution in [-0.2, 0) is 46.0 Å². The third kappa shape index (κ3) is 4.36. The second-order valence-corrected chi connectivity index (χ2v) is 10.4. The Morgan fingerprint density at radius 2 is 1.98 bits per heavy atom. The molecule has 4 heterocycles. The van der Waals surface area contributed by atoms with E-state index in [-0.39, 0.29) is 48.7 Å². The summed E-state index contributed by atoms with van der Waals surface area (Å²) in [6, 6.07) is 16.0. The van der Waals surface area contributed by atoms with Crippen LogP contribution in [-0.4, -0.2) is 39.7 Å². The number of nitrogens with zero attached hydrogens (tertiary/aromatic N) is 2. The number of ether oxygens (including phenoxy) is 2. The summed E-state index contributed by atoms with van der Waals surface area (Å²) in [5.74, 6) is -0.453. The Hall–Kier alpha value is -4.54. The number of nitrogens with one attached hydrogen (secondary N) is 1. The molecule has 4 N–H and O–H groups in total. The molecule has 0 aliphatic carbocycles. The average Bonchev–Trinajstić information content (AvgIpc) is 3.36. The maximum absolute atomic E-state index is 13.6. The van der Waals surface area contributed by atoms with Crippen LogP contribution in [0.25, 0.3) is 22.3 Å². The van der Waals surface area contributed by atoms with Crippen LogP contribution < -0.4 is 21.3 Å².